The van der Waals surface area contributed by atoms with Crippen LogP contribution in [0.4, 0.5) is 11.4 Å². The average Bonchev–Trinajstić information content (AvgIpc) is 3.53. The molecular weight excluding hydrogens is 498 g/mol. The van der Waals surface area contributed by atoms with Crippen LogP contribution in [0.5, 0.6) is 0 Å². The zero-order chi connectivity index (χ0) is 25.1. The Kier molecular flexibility index (Phi) is 6.53. The van der Waals surface area contributed by atoms with Crippen molar-refractivity contribution < 1.29 is 18.4 Å². The van der Waals surface area contributed by atoms with Crippen LogP contribution in [-0.2, 0) is 0 Å². The number of furan rings is 2. The molecular formula is C27H18ClN3O4S. The summed E-state index contributed by atoms with van der Waals surface area (Å²) in [4.78, 5) is 25.0. The summed E-state index contributed by atoms with van der Waals surface area (Å²) >= 11 is 11.3. The molecule has 0 saturated heterocycles. The van der Waals surface area contributed by atoms with E-state index in [0.717, 1.165) is 10.9 Å². The van der Waals surface area contributed by atoms with E-state index < -0.39 is 5.91 Å². The Labute approximate surface area is 216 Å². The molecule has 0 saturated carbocycles. The number of benzene rings is 3. The molecule has 36 heavy (non-hydrogen) atoms. The van der Waals surface area contributed by atoms with Crippen molar-refractivity contribution in [3.05, 3.63) is 108 Å². The van der Waals surface area contributed by atoms with Gasteiger partial charge in [-0.3, -0.25) is 14.9 Å². The highest BCUT2D eigenvalue weighted by atomic mass is 35.5. The molecule has 0 radical (unpaired) electrons. The Hall–Kier alpha value is -4.40. The van der Waals surface area contributed by atoms with Gasteiger partial charge in [0.05, 0.1) is 0 Å². The number of carbonyl (C=O) groups excluding carboxylic acids is 2. The molecule has 5 rings (SSSR count). The largest absolute Gasteiger partial charge is 0.451 e. The first-order chi connectivity index (χ1) is 17.4. The number of rotatable bonds is 5. The standard InChI is InChI=1S/C27H18ClN3O4S/c28-18-6-3-5-16(14-18)22-12-13-23(34-22)25(32)31-27(36)30-20-10-8-19(9-11-20)29-26(33)24-15-17-4-1-2-7-21(17)35-24/h1-15H,(H,29,33)(H2,30,31,32,36). The number of hydrogen-bond acceptors (Lipinski definition) is 5. The lowest BCUT2D eigenvalue weighted by atomic mass is 10.2. The van der Waals surface area contributed by atoms with Crippen LogP contribution in [-0.4, -0.2) is 16.9 Å². The normalized spacial score (nSPS) is 10.7. The second-order valence-corrected chi connectivity index (χ2v) is 8.61. The van der Waals surface area contributed by atoms with Gasteiger partial charge < -0.3 is 19.5 Å². The van der Waals surface area contributed by atoms with Crippen LogP contribution in [0.15, 0.2) is 99.8 Å². The summed E-state index contributed by atoms with van der Waals surface area (Å²) in [7, 11) is 0. The molecule has 0 aliphatic heterocycles. The van der Waals surface area contributed by atoms with Gasteiger partial charge in [0.1, 0.15) is 11.3 Å². The Bertz CT molecular complexity index is 1560. The van der Waals surface area contributed by atoms with Gasteiger partial charge in [0.2, 0.25) is 0 Å². The van der Waals surface area contributed by atoms with E-state index in [0.29, 0.717) is 27.7 Å². The lowest BCUT2D eigenvalue weighted by molar-refractivity contribution is 0.0950. The quantitative estimate of drug-likeness (QED) is 0.225. The van der Waals surface area contributed by atoms with E-state index >= 15 is 0 Å². The molecule has 2 aromatic heterocycles. The summed E-state index contributed by atoms with van der Waals surface area (Å²) in [5.41, 5.74) is 2.61. The summed E-state index contributed by atoms with van der Waals surface area (Å²) in [6, 6.07) is 26.3. The molecule has 7 nitrogen and oxygen atoms in total. The zero-order valence-corrected chi connectivity index (χ0v) is 20.2. The molecule has 2 heterocycles. The maximum absolute atomic E-state index is 12.5. The molecule has 0 unspecified atom stereocenters. The van der Waals surface area contributed by atoms with Gasteiger partial charge in [-0.2, -0.15) is 0 Å². The third kappa shape index (κ3) is 5.30. The summed E-state index contributed by atoms with van der Waals surface area (Å²) in [6.45, 7) is 0. The highest BCUT2D eigenvalue weighted by Gasteiger charge is 2.15. The molecule has 178 valence electrons. The van der Waals surface area contributed by atoms with Crippen molar-refractivity contribution in [3.8, 4) is 11.3 Å². The summed E-state index contributed by atoms with van der Waals surface area (Å²) in [5, 5.41) is 9.82. The molecule has 5 aromatic rings. The number of hydrogen-bond donors (Lipinski definition) is 3. The fourth-order valence-electron chi connectivity index (χ4n) is 3.51. The predicted octanol–water partition coefficient (Wildman–Crippen LogP) is 6.73. The summed E-state index contributed by atoms with van der Waals surface area (Å²) < 4.78 is 11.2. The molecule has 0 atom stereocenters. The minimum atomic E-state index is -0.490. The van der Waals surface area contributed by atoms with Gasteiger partial charge in [0, 0.05) is 27.3 Å². The lowest BCUT2D eigenvalue weighted by Gasteiger charge is -2.10. The van der Waals surface area contributed by atoms with Gasteiger partial charge >= 0.3 is 0 Å². The highest BCUT2D eigenvalue weighted by Crippen LogP contribution is 2.25. The molecule has 0 aliphatic rings. The topological polar surface area (TPSA) is 96.5 Å². The fourth-order valence-corrected chi connectivity index (χ4v) is 3.91. The number of halogens is 1. The molecule has 2 amide bonds. The first-order valence-electron chi connectivity index (χ1n) is 10.8. The Morgan fingerprint density at radius 1 is 0.722 bits per heavy atom. The van der Waals surface area contributed by atoms with Crippen LogP contribution in [0, 0.1) is 0 Å². The van der Waals surface area contributed by atoms with Gasteiger partial charge in [-0.25, -0.2) is 0 Å². The second kappa shape index (κ2) is 10.1. The summed E-state index contributed by atoms with van der Waals surface area (Å²) in [5.74, 6) is -0.000832. The van der Waals surface area contributed by atoms with Crippen molar-refractivity contribution in [3.63, 3.8) is 0 Å². The van der Waals surface area contributed by atoms with Gasteiger partial charge in [0.25, 0.3) is 11.8 Å². The minimum Gasteiger partial charge on any atom is -0.451 e. The van der Waals surface area contributed by atoms with Crippen molar-refractivity contribution in [2.45, 2.75) is 0 Å². The van der Waals surface area contributed by atoms with Crippen LogP contribution < -0.4 is 16.0 Å². The van der Waals surface area contributed by atoms with Crippen LogP contribution in [0.3, 0.4) is 0 Å². The number of anilines is 2. The minimum absolute atomic E-state index is 0.0970. The van der Waals surface area contributed by atoms with Crippen LogP contribution >= 0.6 is 23.8 Å². The van der Waals surface area contributed by atoms with Crippen LogP contribution in [0.25, 0.3) is 22.3 Å². The smallest absolute Gasteiger partial charge is 0.293 e. The van der Waals surface area contributed by atoms with Crippen LogP contribution in [0.2, 0.25) is 5.02 Å². The second-order valence-electron chi connectivity index (χ2n) is 7.76. The number of fused-ring (bicyclic) bond motifs is 1. The first-order valence-corrected chi connectivity index (χ1v) is 11.6. The van der Waals surface area contributed by atoms with Crippen molar-refractivity contribution in [1.29, 1.82) is 0 Å². The third-order valence-corrected chi connectivity index (χ3v) is 5.66. The Balaban J connectivity index is 1.16. The summed E-state index contributed by atoms with van der Waals surface area (Å²) in [6.07, 6.45) is 0. The van der Waals surface area contributed by atoms with E-state index in [9.17, 15) is 9.59 Å². The van der Waals surface area contributed by atoms with E-state index in [1.165, 1.54) is 0 Å². The maximum Gasteiger partial charge on any atom is 0.293 e. The fraction of sp³-hybridized carbons (Fsp3) is 0. The van der Waals surface area contributed by atoms with Gasteiger partial charge in [-0.1, -0.05) is 41.9 Å². The SMILES string of the molecule is O=C(NC(=S)Nc1ccc(NC(=O)c2cc3ccccc3o2)cc1)c1ccc(-c2cccc(Cl)c2)o1. The van der Waals surface area contributed by atoms with Crippen molar-refractivity contribution in [2.75, 3.05) is 10.6 Å². The third-order valence-electron chi connectivity index (χ3n) is 5.22. The maximum atomic E-state index is 12.5. The molecule has 0 spiro atoms. The zero-order valence-electron chi connectivity index (χ0n) is 18.6. The van der Waals surface area contributed by atoms with Gasteiger partial charge in [-0.15, -0.1) is 0 Å². The lowest BCUT2D eigenvalue weighted by Crippen LogP contribution is -2.33. The molecule has 0 bridgehead atoms. The number of carbonyl (C=O) groups is 2. The Morgan fingerprint density at radius 3 is 2.22 bits per heavy atom. The van der Waals surface area contributed by atoms with Crippen molar-refractivity contribution in [2.24, 2.45) is 0 Å². The highest BCUT2D eigenvalue weighted by molar-refractivity contribution is 7.80. The van der Waals surface area contributed by atoms with Crippen molar-refractivity contribution in [1.82, 2.24) is 5.32 Å². The van der Waals surface area contributed by atoms with E-state index in [4.69, 9.17) is 32.7 Å². The molecule has 9 heteroatoms. The number of para-hydroxylation sites is 1. The first kappa shape index (κ1) is 23.3. The molecule has 3 N–H and O–H groups in total. The molecule has 3 aromatic carbocycles. The van der Waals surface area contributed by atoms with Crippen molar-refractivity contribution >= 4 is 63.1 Å². The van der Waals surface area contributed by atoms with E-state index in [1.54, 1.807) is 66.7 Å². The molecule has 0 fully saturated rings. The predicted molar refractivity (Wildman–Crippen MR) is 143 cm³/mol. The number of thiocarbonyl (C=S) groups is 1. The van der Waals surface area contributed by atoms with E-state index in [2.05, 4.69) is 16.0 Å². The monoisotopic (exact) mass is 515 g/mol. The number of nitrogens with one attached hydrogen (secondary N) is 3. The van der Waals surface area contributed by atoms with E-state index in [-0.39, 0.29) is 22.5 Å². The van der Waals surface area contributed by atoms with Crippen LogP contribution in [0.1, 0.15) is 21.1 Å². The number of amides is 2. The average molecular weight is 516 g/mol. The Morgan fingerprint density at radius 2 is 1.47 bits per heavy atom. The molecule has 0 aliphatic carbocycles. The van der Waals surface area contributed by atoms with Gasteiger partial charge in [0.15, 0.2) is 16.6 Å². The van der Waals surface area contributed by atoms with E-state index in [1.807, 2.05) is 24.3 Å². The van der Waals surface area contributed by atoms with Gasteiger partial charge in [-0.05, 0) is 72.9 Å².